The molecule has 3 rings (SSSR count). The fourth-order valence-electron chi connectivity index (χ4n) is 3.02. The van der Waals surface area contributed by atoms with Crippen LogP contribution in [0.3, 0.4) is 0 Å². The number of nitrogens with zero attached hydrogens (tertiary/aromatic N) is 3. The summed E-state index contributed by atoms with van der Waals surface area (Å²) < 4.78 is 9.15. The number of amides is 2. The Labute approximate surface area is 179 Å². The minimum atomic E-state index is -0.934. The summed E-state index contributed by atoms with van der Waals surface area (Å²) in [4.78, 5) is 28.4. The molecule has 0 unspecified atom stereocenters. The van der Waals surface area contributed by atoms with Gasteiger partial charge in [0, 0.05) is 16.6 Å². The van der Waals surface area contributed by atoms with Gasteiger partial charge < -0.3 is 10.1 Å². The Balaban J connectivity index is 2.17. The van der Waals surface area contributed by atoms with Crippen molar-refractivity contribution in [1.82, 2.24) is 14.9 Å². The molecule has 0 spiro atoms. The summed E-state index contributed by atoms with van der Waals surface area (Å²) in [5, 5.41) is 8.50. The Morgan fingerprint density at radius 3 is 2.43 bits per heavy atom. The van der Waals surface area contributed by atoms with Crippen molar-refractivity contribution < 1.29 is 14.3 Å². The summed E-state index contributed by atoms with van der Waals surface area (Å²) >= 11 is 1.08. The number of carbonyl (C=O) groups is 2. The van der Waals surface area contributed by atoms with E-state index >= 15 is 0 Å². The van der Waals surface area contributed by atoms with Gasteiger partial charge in [-0.15, -0.1) is 5.10 Å². The Kier molecular flexibility index (Phi) is 6.47. The molecule has 1 N–H and O–H groups in total. The van der Waals surface area contributed by atoms with Gasteiger partial charge in [0.15, 0.2) is 5.69 Å². The second-order valence-electron chi connectivity index (χ2n) is 7.72. The smallest absolute Gasteiger partial charge is 0.280 e. The molecule has 3 aromatic rings. The SMILES string of the molecule is COc1cccc([C@@H](C(=O)NC(C)(C)C)N(C(=O)c2csnn2)c2ccccc2)c1. The van der Waals surface area contributed by atoms with Crippen LogP contribution in [0.25, 0.3) is 0 Å². The van der Waals surface area contributed by atoms with E-state index in [-0.39, 0.29) is 11.6 Å². The van der Waals surface area contributed by atoms with Gasteiger partial charge in [-0.2, -0.15) is 0 Å². The Bertz CT molecular complexity index is 1000. The molecule has 8 heteroatoms. The lowest BCUT2D eigenvalue weighted by Crippen LogP contribution is -2.49. The lowest BCUT2D eigenvalue weighted by Gasteiger charge is -2.33. The van der Waals surface area contributed by atoms with Gasteiger partial charge in [-0.25, -0.2) is 0 Å². The number of anilines is 1. The molecule has 0 aliphatic heterocycles. The lowest BCUT2D eigenvalue weighted by atomic mass is 10.00. The van der Waals surface area contributed by atoms with Crippen molar-refractivity contribution in [2.45, 2.75) is 32.4 Å². The molecular weight excluding hydrogens is 400 g/mol. The molecule has 0 aliphatic carbocycles. The van der Waals surface area contributed by atoms with Gasteiger partial charge in [0.1, 0.15) is 11.8 Å². The number of hydrogen-bond acceptors (Lipinski definition) is 6. The number of benzene rings is 2. The Hall–Kier alpha value is -3.26. The van der Waals surface area contributed by atoms with Crippen LogP contribution in [-0.2, 0) is 4.79 Å². The first-order valence-electron chi connectivity index (χ1n) is 9.42. The van der Waals surface area contributed by atoms with Gasteiger partial charge in [0.25, 0.3) is 5.91 Å². The summed E-state index contributed by atoms with van der Waals surface area (Å²) in [7, 11) is 1.56. The van der Waals surface area contributed by atoms with Gasteiger partial charge in [0.05, 0.1) is 7.11 Å². The monoisotopic (exact) mass is 424 g/mol. The molecular formula is C22H24N4O3S. The number of methoxy groups -OCH3 is 1. The number of carbonyl (C=O) groups excluding carboxylic acids is 2. The highest BCUT2D eigenvalue weighted by Gasteiger charge is 2.35. The minimum absolute atomic E-state index is 0.181. The van der Waals surface area contributed by atoms with E-state index in [1.807, 2.05) is 39.0 Å². The van der Waals surface area contributed by atoms with Crippen LogP contribution in [0, 0.1) is 0 Å². The lowest BCUT2D eigenvalue weighted by molar-refractivity contribution is -0.123. The predicted octanol–water partition coefficient (Wildman–Crippen LogP) is 3.85. The van der Waals surface area contributed by atoms with Crippen LogP contribution < -0.4 is 15.0 Å². The third kappa shape index (κ3) is 5.01. The van der Waals surface area contributed by atoms with E-state index in [9.17, 15) is 9.59 Å². The highest BCUT2D eigenvalue weighted by Crippen LogP contribution is 2.31. The number of para-hydroxylation sites is 1. The van der Waals surface area contributed by atoms with Crippen molar-refractivity contribution in [3.8, 4) is 5.75 Å². The van der Waals surface area contributed by atoms with E-state index in [0.29, 0.717) is 17.0 Å². The molecule has 1 aromatic heterocycles. The summed E-state index contributed by atoms with van der Waals surface area (Å²) in [6.45, 7) is 5.69. The van der Waals surface area contributed by atoms with E-state index in [2.05, 4.69) is 14.9 Å². The second-order valence-corrected chi connectivity index (χ2v) is 8.33. The average Bonchev–Trinajstić information content (AvgIpc) is 3.25. The zero-order valence-corrected chi connectivity index (χ0v) is 18.1. The highest BCUT2D eigenvalue weighted by molar-refractivity contribution is 7.03. The molecule has 0 aliphatic rings. The van der Waals surface area contributed by atoms with Crippen LogP contribution in [0.2, 0.25) is 0 Å². The van der Waals surface area contributed by atoms with Crippen molar-refractivity contribution >= 4 is 29.0 Å². The van der Waals surface area contributed by atoms with E-state index in [1.54, 1.807) is 48.9 Å². The highest BCUT2D eigenvalue weighted by atomic mass is 32.1. The predicted molar refractivity (Wildman–Crippen MR) is 117 cm³/mol. The van der Waals surface area contributed by atoms with Crippen molar-refractivity contribution in [2.24, 2.45) is 0 Å². The van der Waals surface area contributed by atoms with E-state index in [1.165, 1.54) is 4.90 Å². The van der Waals surface area contributed by atoms with Gasteiger partial charge >= 0.3 is 0 Å². The molecule has 2 aromatic carbocycles. The van der Waals surface area contributed by atoms with Gasteiger partial charge in [0.2, 0.25) is 5.91 Å². The number of ether oxygens (including phenoxy) is 1. The van der Waals surface area contributed by atoms with E-state index < -0.39 is 17.5 Å². The van der Waals surface area contributed by atoms with Crippen LogP contribution in [-0.4, -0.2) is 34.1 Å². The van der Waals surface area contributed by atoms with E-state index in [4.69, 9.17) is 4.74 Å². The van der Waals surface area contributed by atoms with Crippen molar-refractivity contribution in [1.29, 1.82) is 0 Å². The van der Waals surface area contributed by atoms with Crippen LogP contribution in [0.5, 0.6) is 5.75 Å². The fourth-order valence-corrected chi connectivity index (χ4v) is 3.45. The quantitative estimate of drug-likeness (QED) is 0.650. The first-order chi connectivity index (χ1) is 14.3. The number of aromatic nitrogens is 2. The summed E-state index contributed by atoms with van der Waals surface area (Å²) in [5.74, 6) is -0.125. The second kappa shape index (κ2) is 9.04. The molecule has 156 valence electrons. The Morgan fingerprint density at radius 2 is 1.83 bits per heavy atom. The number of nitrogens with one attached hydrogen (secondary N) is 1. The summed E-state index contributed by atoms with van der Waals surface area (Å²) in [6.07, 6.45) is 0. The molecule has 7 nitrogen and oxygen atoms in total. The van der Waals surface area contributed by atoms with Crippen LogP contribution in [0.1, 0.15) is 42.9 Å². The summed E-state index contributed by atoms with van der Waals surface area (Å²) in [5.41, 5.74) is 0.895. The molecule has 30 heavy (non-hydrogen) atoms. The molecule has 0 bridgehead atoms. The van der Waals surface area contributed by atoms with Crippen LogP contribution >= 0.6 is 11.5 Å². The van der Waals surface area contributed by atoms with Crippen LogP contribution in [0.4, 0.5) is 5.69 Å². The van der Waals surface area contributed by atoms with Gasteiger partial charge in [-0.3, -0.25) is 14.5 Å². The van der Waals surface area contributed by atoms with Crippen LogP contribution in [0.15, 0.2) is 60.0 Å². The molecule has 1 atom stereocenters. The van der Waals surface area contributed by atoms with Crippen molar-refractivity contribution in [3.63, 3.8) is 0 Å². The Morgan fingerprint density at radius 1 is 1.10 bits per heavy atom. The first kappa shape index (κ1) is 21.4. The van der Waals surface area contributed by atoms with Gasteiger partial charge in [-0.05, 0) is 62.1 Å². The topological polar surface area (TPSA) is 84.4 Å². The van der Waals surface area contributed by atoms with E-state index in [0.717, 1.165) is 11.5 Å². The standard InChI is InChI=1S/C22H24N4O3S/c1-22(2,3)23-20(27)19(15-9-8-12-17(13-15)29-4)26(16-10-6-5-7-11-16)21(28)18-14-30-25-24-18/h5-14,19H,1-4H3,(H,23,27)/t19-/m0/s1. The molecule has 0 saturated carbocycles. The van der Waals surface area contributed by atoms with Gasteiger partial charge in [-0.1, -0.05) is 34.8 Å². The maximum atomic E-state index is 13.5. The molecule has 0 radical (unpaired) electrons. The minimum Gasteiger partial charge on any atom is -0.497 e. The normalized spacial score (nSPS) is 12.1. The summed E-state index contributed by atoms with van der Waals surface area (Å²) in [6, 6.07) is 15.3. The largest absolute Gasteiger partial charge is 0.497 e. The van der Waals surface area contributed by atoms with Crippen molar-refractivity contribution in [2.75, 3.05) is 12.0 Å². The maximum absolute atomic E-state index is 13.5. The molecule has 1 heterocycles. The third-order valence-electron chi connectivity index (χ3n) is 4.25. The average molecular weight is 425 g/mol. The first-order valence-corrected chi connectivity index (χ1v) is 10.3. The fraction of sp³-hybridized carbons (Fsp3) is 0.273. The molecule has 0 fully saturated rings. The number of rotatable bonds is 6. The molecule has 2 amide bonds. The number of hydrogen-bond donors (Lipinski definition) is 1. The zero-order chi connectivity index (χ0) is 21.7. The zero-order valence-electron chi connectivity index (χ0n) is 17.3. The van der Waals surface area contributed by atoms with Crippen molar-refractivity contribution in [3.05, 3.63) is 71.2 Å². The molecule has 0 saturated heterocycles. The third-order valence-corrected chi connectivity index (χ3v) is 4.75. The maximum Gasteiger partial charge on any atom is 0.280 e.